The Balaban J connectivity index is 2.30. The van der Waals surface area contributed by atoms with Crippen molar-refractivity contribution in [1.29, 1.82) is 0 Å². The second-order valence-electron chi connectivity index (χ2n) is 3.95. The average molecular weight is 325 g/mol. The van der Waals surface area contributed by atoms with Crippen molar-refractivity contribution in [3.63, 3.8) is 0 Å². The van der Waals surface area contributed by atoms with Crippen LogP contribution in [0.15, 0.2) is 34.0 Å². The summed E-state index contributed by atoms with van der Waals surface area (Å²) < 4.78 is 5.77. The van der Waals surface area contributed by atoms with Gasteiger partial charge in [0.1, 0.15) is 0 Å². The number of esters is 1. The third-order valence-electron chi connectivity index (χ3n) is 2.72. The zero-order valence-electron chi connectivity index (χ0n) is 10.3. The molecule has 0 spiro atoms. The summed E-state index contributed by atoms with van der Waals surface area (Å²) in [6, 6.07) is 5.80. The number of rotatable bonds is 4. The Labute approximate surface area is 118 Å². The van der Waals surface area contributed by atoms with Crippen molar-refractivity contribution in [1.82, 2.24) is 4.98 Å². The number of carbonyl (C=O) groups excluding carboxylic acids is 1. The third kappa shape index (κ3) is 2.96. The molecular weight excluding hydrogens is 312 g/mol. The molecule has 0 bridgehead atoms. The Morgan fingerprint density at radius 2 is 2.32 bits per heavy atom. The summed E-state index contributed by atoms with van der Waals surface area (Å²) in [4.78, 5) is 14.7. The van der Waals surface area contributed by atoms with Gasteiger partial charge in [-0.15, -0.1) is 0 Å². The minimum absolute atomic E-state index is 0.0114. The molecule has 0 radical (unpaired) electrons. The Morgan fingerprint density at radius 3 is 3.00 bits per heavy atom. The van der Waals surface area contributed by atoms with Crippen molar-refractivity contribution in [2.45, 2.75) is 13.3 Å². The van der Waals surface area contributed by atoms with Gasteiger partial charge in [0, 0.05) is 28.0 Å². The van der Waals surface area contributed by atoms with E-state index in [4.69, 9.17) is 9.94 Å². The van der Waals surface area contributed by atoms with Gasteiger partial charge in [-0.2, -0.15) is 0 Å². The van der Waals surface area contributed by atoms with E-state index in [-0.39, 0.29) is 18.7 Å². The van der Waals surface area contributed by atoms with Gasteiger partial charge in [0.15, 0.2) is 5.71 Å². The summed E-state index contributed by atoms with van der Waals surface area (Å²) in [6.45, 7) is 1.95. The predicted octanol–water partition coefficient (Wildman–Crippen LogP) is 2.87. The first-order chi connectivity index (χ1) is 9.15. The number of aromatic amines is 1. The highest BCUT2D eigenvalue weighted by Crippen LogP contribution is 2.23. The Bertz CT molecular complexity index is 634. The van der Waals surface area contributed by atoms with Crippen LogP contribution in [0.2, 0.25) is 0 Å². The highest BCUT2D eigenvalue weighted by atomic mass is 79.9. The van der Waals surface area contributed by atoms with Gasteiger partial charge < -0.3 is 14.9 Å². The second kappa shape index (κ2) is 5.88. The number of carbonyl (C=O) groups is 1. The van der Waals surface area contributed by atoms with Crippen molar-refractivity contribution >= 4 is 38.5 Å². The fourth-order valence-corrected chi connectivity index (χ4v) is 2.20. The predicted molar refractivity (Wildman–Crippen MR) is 75.6 cm³/mol. The SMILES string of the molecule is CCOC(=O)C(Cc1c[nH]c2ccc(Br)cc12)=NO. The van der Waals surface area contributed by atoms with Gasteiger partial charge in [-0.25, -0.2) is 4.79 Å². The molecule has 2 aromatic rings. The molecule has 100 valence electrons. The molecule has 0 atom stereocenters. The Kier molecular flexibility index (Phi) is 4.21. The van der Waals surface area contributed by atoms with Crippen LogP contribution in [-0.2, 0) is 16.0 Å². The number of halogens is 1. The van der Waals surface area contributed by atoms with Gasteiger partial charge in [0.05, 0.1) is 6.61 Å². The smallest absolute Gasteiger partial charge is 0.356 e. The molecule has 0 aliphatic rings. The molecule has 6 heteroatoms. The number of ether oxygens (including phenoxy) is 1. The first-order valence-corrected chi connectivity index (χ1v) is 6.58. The van der Waals surface area contributed by atoms with Crippen molar-refractivity contribution in [3.05, 3.63) is 34.4 Å². The van der Waals surface area contributed by atoms with Gasteiger partial charge in [-0.3, -0.25) is 0 Å². The number of benzene rings is 1. The van der Waals surface area contributed by atoms with E-state index in [2.05, 4.69) is 26.1 Å². The summed E-state index contributed by atoms with van der Waals surface area (Å²) >= 11 is 3.40. The zero-order valence-corrected chi connectivity index (χ0v) is 11.9. The largest absolute Gasteiger partial charge is 0.461 e. The van der Waals surface area contributed by atoms with E-state index in [1.54, 1.807) is 13.1 Å². The number of nitrogens with zero attached hydrogens (tertiary/aromatic N) is 1. The lowest BCUT2D eigenvalue weighted by atomic mass is 10.1. The van der Waals surface area contributed by atoms with Crippen LogP contribution >= 0.6 is 15.9 Å². The molecule has 2 rings (SSSR count). The summed E-state index contributed by atoms with van der Waals surface area (Å²) in [5, 5.41) is 12.9. The molecule has 19 heavy (non-hydrogen) atoms. The fourth-order valence-electron chi connectivity index (χ4n) is 1.84. The van der Waals surface area contributed by atoms with Gasteiger partial charge in [0.25, 0.3) is 0 Å². The van der Waals surface area contributed by atoms with Crippen LogP contribution in [0, 0.1) is 0 Å². The molecule has 2 N–H and O–H groups in total. The van der Waals surface area contributed by atoms with Gasteiger partial charge in [0.2, 0.25) is 0 Å². The molecule has 0 amide bonds. The standard InChI is InChI=1S/C13H13BrN2O3/c1-2-19-13(17)12(16-18)5-8-7-15-11-4-3-9(14)6-10(8)11/h3-4,6-7,15,18H,2,5H2,1H3. The van der Waals surface area contributed by atoms with Crippen LogP contribution in [0.5, 0.6) is 0 Å². The van der Waals surface area contributed by atoms with Gasteiger partial charge >= 0.3 is 5.97 Å². The lowest BCUT2D eigenvalue weighted by molar-refractivity contribution is -0.135. The quantitative estimate of drug-likeness (QED) is 0.393. The Morgan fingerprint density at radius 1 is 1.53 bits per heavy atom. The molecule has 0 unspecified atom stereocenters. The molecule has 1 aromatic heterocycles. The summed E-state index contributed by atoms with van der Waals surface area (Å²) in [5.41, 5.74) is 1.82. The van der Waals surface area contributed by atoms with Crippen molar-refractivity contribution in [3.8, 4) is 0 Å². The van der Waals surface area contributed by atoms with Crippen LogP contribution in [0.1, 0.15) is 12.5 Å². The van der Waals surface area contributed by atoms with Crippen LogP contribution in [-0.4, -0.2) is 28.5 Å². The summed E-state index contributed by atoms with van der Waals surface area (Å²) in [7, 11) is 0. The number of oxime groups is 1. The first kappa shape index (κ1) is 13.6. The lowest BCUT2D eigenvalue weighted by Crippen LogP contribution is -2.19. The first-order valence-electron chi connectivity index (χ1n) is 5.79. The number of H-pyrrole nitrogens is 1. The van der Waals surface area contributed by atoms with Crippen LogP contribution in [0.3, 0.4) is 0 Å². The maximum Gasteiger partial charge on any atom is 0.356 e. The maximum absolute atomic E-state index is 11.6. The van der Waals surface area contributed by atoms with Crippen molar-refractivity contribution < 1.29 is 14.7 Å². The van der Waals surface area contributed by atoms with Crippen molar-refractivity contribution in [2.75, 3.05) is 6.61 Å². The van der Waals surface area contributed by atoms with E-state index < -0.39 is 5.97 Å². The number of aromatic nitrogens is 1. The van der Waals surface area contributed by atoms with Crippen LogP contribution in [0.4, 0.5) is 0 Å². The minimum Gasteiger partial charge on any atom is -0.461 e. The monoisotopic (exact) mass is 324 g/mol. The topological polar surface area (TPSA) is 74.7 Å². The summed E-state index contributed by atoms with van der Waals surface area (Å²) in [5.74, 6) is -0.602. The second-order valence-corrected chi connectivity index (χ2v) is 4.86. The number of nitrogens with one attached hydrogen (secondary N) is 1. The summed E-state index contributed by atoms with van der Waals surface area (Å²) in [6.07, 6.45) is 2.01. The lowest BCUT2D eigenvalue weighted by Gasteiger charge is -2.03. The third-order valence-corrected chi connectivity index (χ3v) is 3.21. The number of hydrogen-bond donors (Lipinski definition) is 2. The molecule has 1 heterocycles. The Hall–Kier alpha value is -1.82. The number of fused-ring (bicyclic) bond motifs is 1. The molecule has 0 aliphatic carbocycles. The zero-order chi connectivity index (χ0) is 13.8. The molecule has 0 aliphatic heterocycles. The average Bonchev–Trinajstić information content (AvgIpc) is 2.78. The van der Waals surface area contributed by atoms with Crippen LogP contribution < -0.4 is 0 Å². The van der Waals surface area contributed by atoms with E-state index in [1.807, 2.05) is 18.2 Å². The highest BCUT2D eigenvalue weighted by Gasteiger charge is 2.16. The van der Waals surface area contributed by atoms with E-state index in [0.29, 0.717) is 0 Å². The molecular formula is C13H13BrN2O3. The van der Waals surface area contributed by atoms with Crippen LogP contribution in [0.25, 0.3) is 10.9 Å². The maximum atomic E-state index is 11.6. The molecule has 0 fully saturated rings. The van der Waals surface area contributed by atoms with E-state index in [0.717, 1.165) is 20.9 Å². The van der Waals surface area contributed by atoms with E-state index in [1.165, 1.54) is 0 Å². The minimum atomic E-state index is -0.602. The number of hydrogen-bond acceptors (Lipinski definition) is 4. The van der Waals surface area contributed by atoms with E-state index in [9.17, 15) is 4.79 Å². The van der Waals surface area contributed by atoms with Gasteiger partial charge in [-0.1, -0.05) is 21.1 Å². The molecule has 5 nitrogen and oxygen atoms in total. The normalized spacial score (nSPS) is 11.8. The van der Waals surface area contributed by atoms with Crippen molar-refractivity contribution in [2.24, 2.45) is 5.16 Å². The van der Waals surface area contributed by atoms with E-state index >= 15 is 0 Å². The molecule has 0 saturated carbocycles. The van der Waals surface area contributed by atoms with Gasteiger partial charge in [-0.05, 0) is 30.7 Å². The fraction of sp³-hybridized carbons (Fsp3) is 0.231. The molecule has 0 saturated heterocycles. The highest BCUT2D eigenvalue weighted by molar-refractivity contribution is 9.10. The molecule has 1 aromatic carbocycles.